The lowest BCUT2D eigenvalue weighted by Crippen LogP contribution is -2.11. The molecule has 2 aromatic carbocycles. The van der Waals surface area contributed by atoms with Crippen molar-refractivity contribution in [1.29, 1.82) is 0 Å². The first kappa shape index (κ1) is 25.1. The zero-order valence-electron chi connectivity index (χ0n) is 19.7. The number of fused-ring (bicyclic) bond motifs is 1. The molecular formula is C26H22Cl2N4O4. The number of pyridine rings is 2. The molecule has 2 heterocycles. The van der Waals surface area contributed by atoms with Crippen LogP contribution in [0, 0.1) is 6.92 Å². The van der Waals surface area contributed by atoms with Crippen LogP contribution >= 0.6 is 23.2 Å². The van der Waals surface area contributed by atoms with E-state index in [1.165, 1.54) is 20.3 Å². The second-order valence-corrected chi connectivity index (χ2v) is 8.52. The van der Waals surface area contributed by atoms with Crippen LogP contribution in [0.2, 0.25) is 10.0 Å². The Morgan fingerprint density at radius 3 is 2.44 bits per heavy atom. The van der Waals surface area contributed by atoms with Crippen LogP contribution < -0.4 is 25.7 Å². The number of ether oxygens (including phenoxy) is 2. The van der Waals surface area contributed by atoms with Crippen molar-refractivity contribution in [2.24, 2.45) is 0 Å². The molecule has 0 atom stereocenters. The van der Waals surface area contributed by atoms with Gasteiger partial charge in [0, 0.05) is 23.2 Å². The van der Waals surface area contributed by atoms with Gasteiger partial charge in [0.1, 0.15) is 17.3 Å². The van der Waals surface area contributed by atoms with Gasteiger partial charge in [-0.3, -0.25) is 9.59 Å². The molecule has 0 unspecified atom stereocenters. The third-order valence-electron chi connectivity index (χ3n) is 5.54. The van der Waals surface area contributed by atoms with Gasteiger partial charge in [-0.25, -0.2) is 4.98 Å². The zero-order valence-corrected chi connectivity index (χ0v) is 21.2. The fourth-order valence-electron chi connectivity index (χ4n) is 3.73. The van der Waals surface area contributed by atoms with E-state index < -0.39 is 0 Å². The van der Waals surface area contributed by atoms with E-state index in [9.17, 15) is 9.59 Å². The third-order valence-corrected chi connectivity index (χ3v) is 6.29. The minimum atomic E-state index is -0.369. The molecule has 0 aliphatic rings. The van der Waals surface area contributed by atoms with Gasteiger partial charge in [-0.05, 0) is 36.8 Å². The molecule has 0 fully saturated rings. The predicted molar refractivity (Wildman–Crippen MR) is 144 cm³/mol. The number of halogens is 2. The fraction of sp³-hybridized carbons (Fsp3) is 0.115. The Morgan fingerprint density at radius 1 is 1.11 bits per heavy atom. The fourth-order valence-corrected chi connectivity index (χ4v) is 4.44. The van der Waals surface area contributed by atoms with Gasteiger partial charge in [0.25, 0.3) is 5.56 Å². The molecule has 0 saturated carbocycles. The van der Waals surface area contributed by atoms with Crippen molar-refractivity contribution in [3.63, 3.8) is 0 Å². The van der Waals surface area contributed by atoms with E-state index in [0.717, 1.165) is 5.56 Å². The van der Waals surface area contributed by atoms with Crippen molar-refractivity contribution >= 4 is 57.1 Å². The molecule has 10 heteroatoms. The summed E-state index contributed by atoms with van der Waals surface area (Å²) in [5, 5.41) is 7.39. The Bertz CT molecular complexity index is 1540. The number of aryl methyl sites for hydroxylation is 1. The highest BCUT2D eigenvalue weighted by Gasteiger charge is 2.20. The van der Waals surface area contributed by atoms with Crippen molar-refractivity contribution in [3.8, 4) is 22.8 Å². The van der Waals surface area contributed by atoms with Crippen molar-refractivity contribution < 1.29 is 14.3 Å². The van der Waals surface area contributed by atoms with E-state index >= 15 is 0 Å². The van der Waals surface area contributed by atoms with Crippen LogP contribution in [-0.2, 0) is 4.79 Å². The Kier molecular flexibility index (Phi) is 7.19. The lowest BCUT2D eigenvalue weighted by Gasteiger charge is -2.16. The number of H-pyrrole nitrogens is 1. The highest BCUT2D eigenvalue weighted by Crippen LogP contribution is 2.45. The molecule has 0 aliphatic carbocycles. The van der Waals surface area contributed by atoms with Gasteiger partial charge in [-0.2, -0.15) is 0 Å². The number of benzene rings is 2. The van der Waals surface area contributed by atoms with Gasteiger partial charge < -0.3 is 25.1 Å². The molecule has 4 aromatic rings. The Morgan fingerprint density at radius 2 is 1.81 bits per heavy atom. The average molecular weight is 525 g/mol. The number of anilines is 3. The lowest BCUT2D eigenvalue weighted by atomic mass is 10.1. The zero-order chi connectivity index (χ0) is 26.0. The number of hydrogen-bond donors (Lipinski definition) is 3. The van der Waals surface area contributed by atoms with Crippen molar-refractivity contribution in [3.05, 3.63) is 81.2 Å². The maximum atomic E-state index is 13.1. The number of carbonyl (C=O) groups is 1. The molecule has 0 bridgehead atoms. The van der Waals surface area contributed by atoms with Gasteiger partial charge in [0.15, 0.2) is 0 Å². The summed E-state index contributed by atoms with van der Waals surface area (Å²) in [6, 6.07) is 10.4. The number of rotatable bonds is 7. The summed E-state index contributed by atoms with van der Waals surface area (Å²) in [5.41, 5.74) is 2.47. The predicted octanol–water partition coefficient (Wildman–Crippen LogP) is 6.09. The Balaban J connectivity index is 1.79. The van der Waals surface area contributed by atoms with Crippen LogP contribution in [-0.4, -0.2) is 30.1 Å². The van der Waals surface area contributed by atoms with Gasteiger partial charge >= 0.3 is 0 Å². The quantitative estimate of drug-likeness (QED) is 0.252. The topological polar surface area (TPSA) is 105 Å². The summed E-state index contributed by atoms with van der Waals surface area (Å²) in [5.74, 6) is 0.780. The first-order chi connectivity index (χ1) is 17.3. The van der Waals surface area contributed by atoms with Crippen LogP contribution in [0.1, 0.15) is 5.56 Å². The van der Waals surface area contributed by atoms with Crippen LogP contribution in [0.5, 0.6) is 11.5 Å². The monoisotopic (exact) mass is 524 g/mol. The van der Waals surface area contributed by atoms with E-state index in [1.807, 2.05) is 19.1 Å². The molecule has 184 valence electrons. The van der Waals surface area contributed by atoms with Crippen LogP contribution in [0.4, 0.5) is 17.2 Å². The summed E-state index contributed by atoms with van der Waals surface area (Å²) < 4.78 is 10.7. The van der Waals surface area contributed by atoms with Crippen LogP contribution in [0.15, 0.2) is 60.0 Å². The van der Waals surface area contributed by atoms with Gasteiger partial charge in [0.2, 0.25) is 5.91 Å². The first-order valence-corrected chi connectivity index (χ1v) is 11.5. The number of nitrogens with zero attached hydrogens (tertiary/aromatic N) is 1. The standard InChI is InChI=1S/C26H22Cl2N4O4/c1-5-21(33)30-16-8-6-7-13(2)25(16)32-20-10-15-14(12-29-20)9-17(31-26(15)34)22-23(27)18(35-3)11-19(36-4)24(22)28/h5-12H,1H2,2-4H3,(H,29,32)(H,30,33)(H,31,34). The second kappa shape index (κ2) is 10.3. The number of methoxy groups -OCH3 is 2. The Labute approximate surface area is 216 Å². The molecule has 2 aromatic heterocycles. The van der Waals surface area contributed by atoms with E-state index in [0.29, 0.717) is 50.7 Å². The molecule has 36 heavy (non-hydrogen) atoms. The Hall–Kier alpha value is -4.01. The molecule has 1 amide bonds. The SMILES string of the molecule is C=CC(=O)Nc1cccc(C)c1Nc1cc2c(=O)[nH]c(-c3c(Cl)c(OC)cc(OC)c3Cl)cc2cn1. The average Bonchev–Trinajstić information content (AvgIpc) is 2.86. The molecule has 0 saturated heterocycles. The van der Waals surface area contributed by atoms with E-state index in [2.05, 4.69) is 27.2 Å². The first-order valence-electron chi connectivity index (χ1n) is 10.7. The minimum absolute atomic E-state index is 0.234. The lowest BCUT2D eigenvalue weighted by molar-refractivity contribution is -0.111. The largest absolute Gasteiger partial charge is 0.495 e. The van der Waals surface area contributed by atoms with Gasteiger partial charge in [-0.15, -0.1) is 0 Å². The highest BCUT2D eigenvalue weighted by molar-refractivity contribution is 6.41. The normalized spacial score (nSPS) is 10.7. The summed E-state index contributed by atoms with van der Waals surface area (Å²) in [6.45, 7) is 5.37. The van der Waals surface area contributed by atoms with Crippen molar-refractivity contribution in [1.82, 2.24) is 9.97 Å². The number of carbonyl (C=O) groups excluding carboxylic acids is 1. The number of aromatic nitrogens is 2. The molecule has 8 nitrogen and oxygen atoms in total. The minimum Gasteiger partial charge on any atom is -0.495 e. The maximum Gasteiger partial charge on any atom is 0.256 e. The van der Waals surface area contributed by atoms with E-state index in [1.54, 1.807) is 30.5 Å². The van der Waals surface area contributed by atoms with Crippen LogP contribution in [0.25, 0.3) is 22.0 Å². The van der Waals surface area contributed by atoms with E-state index in [-0.39, 0.29) is 21.5 Å². The molecular weight excluding hydrogens is 503 g/mol. The highest BCUT2D eigenvalue weighted by atomic mass is 35.5. The molecule has 0 radical (unpaired) electrons. The number of hydrogen-bond acceptors (Lipinski definition) is 6. The molecule has 3 N–H and O–H groups in total. The van der Waals surface area contributed by atoms with Gasteiger partial charge in [0.05, 0.1) is 46.7 Å². The summed E-state index contributed by atoms with van der Waals surface area (Å²) in [7, 11) is 2.95. The number of amides is 1. The smallest absolute Gasteiger partial charge is 0.256 e. The van der Waals surface area contributed by atoms with Crippen LogP contribution in [0.3, 0.4) is 0 Å². The number of para-hydroxylation sites is 1. The van der Waals surface area contributed by atoms with Crippen molar-refractivity contribution in [2.45, 2.75) is 6.92 Å². The van der Waals surface area contributed by atoms with E-state index in [4.69, 9.17) is 32.7 Å². The third kappa shape index (κ3) is 4.73. The number of nitrogens with one attached hydrogen (secondary N) is 3. The van der Waals surface area contributed by atoms with Crippen molar-refractivity contribution in [2.75, 3.05) is 24.9 Å². The maximum absolute atomic E-state index is 13.1. The molecule has 0 spiro atoms. The summed E-state index contributed by atoms with van der Waals surface area (Å²) in [6.07, 6.45) is 2.75. The second-order valence-electron chi connectivity index (χ2n) is 7.77. The number of aromatic amines is 1. The summed E-state index contributed by atoms with van der Waals surface area (Å²) >= 11 is 13.0. The molecule has 0 aliphatic heterocycles. The van der Waals surface area contributed by atoms with Gasteiger partial charge in [-0.1, -0.05) is 41.9 Å². The summed E-state index contributed by atoms with van der Waals surface area (Å²) in [4.78, 5) is 32.2. The molecule has 4 rings (SSSR count).